The molecule has 3 heterocycles. The van der Waals surface area contributed by atoms with Crippen molar-refractivity contribution in [2.24, 2.45) is 5.41 Å². The van der Waals surface area contributed by atoms with E-state index in [-0.39, 0.29) is 11.3 Å². The fourth-order valence-electron chi connectivity index (χ4n) is 3.69. The van der Waals surface area contributed by atoms with Crippen LogP contribution in [-0.4, -0.2) is 72.5 Å². The number of halogens is 1. The molecule has 2 aliphatic rings. The largest absolute Gasteiger partial charge is 0.348 e. The molecule has 1 amide bonds. The topological polar surface area (TPSA) is 52.6 Å². The number of aromatic nitrogens is 2. The van der Waals surface area contributed by atoms with Crippen molar-refractivity contribution in [3.8, 4) is 0 Å². The van der Waals surface area contributed by atoms with Crippen LogP contribution in [0, 0.1) is 11.2 Å². The quantitative estimate of drug-likeness (QED) is 0.831. The first-order chi connectivity index (χ1) is 11.0. The molecule has 1 atom stereocenters. The number of hydrogen-bond acceptors (Lipinski definition) is 5. The van der Waals surface area contributed by atoms with E-state index in [1.807, 2.05) is 0 Å². The molecule has 1 spiro atoms. The fraction of sp³-hybridized carbons (Fsp3) is 0.688. The monoisotopic (exact) mass is 321 g/mol. The molecule has 1 aromatic rings. The molecule has 23 heavy (non-hydrogen) atoms. The highest BCUT2D eigenvalue weighted by Crippen LogP contribution is 2.39. The summed E-state index contributed by atoms with van der Waals surface area (Å²) in [5.74, 6) is 0.345. The van der Waals surface area contributed by atoms with Crippen molar-refractivity contribution in [1.29, 1.82) is 0 Å². The third kappa shape index (κ3) is 3.60. The number of rotatable bonds is 3. The van der Waals surface area contributed by atoms with Crippen LogP contribution in [0.15, 0.2) is 12.4 Å². The lowest BCUT2D eigenvalue weighted by atomic mass is 9.79. The maximum Gasteiger partial charge on any atom is 0.236 e. The standard InChI is InChI=1S/C16H24FN5O/c1-20(2)14(23)10-21-6-3-4-16(11-21)5-7-22(12-16)15-18-8-13(17)9-19-15/h8-9H,3-7,10-12H2,1-2H3/t16-/m1/s1. The van der Waals surface area contributed by atoms with Gasteiger partial charge in [-0.05, 0) is 25.8 Å². The summed E-state index contributed by atoms with van der Waals surface area (Å²) in [6, 6.07) is 0. The van der Waals surface area contributed by atoms with Crippen molar-refractivity contribution in [3.05, 3.63) is 18.2 Å². The molecule has 0 aromatic carbocycles. The second-order valence-electron chi connectivity index (χ2n) is 6.98. The highest BCUT2D eigenvalue weighted by Gasteiger charge is 2.42. The van der Waals surface area contributed by atoms with Gasteiger partial charge in [0.15, 0.2) is 5.82 Å². The summed E-state index contributed by atoms with van der Waals surface area (Å²) in [6.07, 6.45) is 5.78. The van der Waals surface area contributed by atoms with E-state index in [9.17, 15) is 9.18 Å². The van der Waals surface area contributed by atoms with Gasteiger partial charge in [-0.2, -0.15) is 0 Å². The number of carbonyl (C=O) groups excluding carboxylic acids is 1. The van der Waals surface area contributed by atoms with Crippen LogP contribution in [0.4, 0.5) is 10.3 Å². The molecular weight excluding hydrogens is 297 g/mol. The molecule has 126 valence electrons. The molecule has 0 saturated carbocycles. The lowest BCUT2D eigenvalue weighted by Crippen LogP contribution is -2.48. The summed E-state index contributed by atoms with van der Waals surface area (Å²) in [6.45, 7) is 4.17. The van der Waals surface area contributed by atoms with Crippen LogP contribution in [-0.2, 0) is 4.79 Å². The van der Waals surface area contributed by atoms with E-state index < -0.39 is 5.82 Å². The van der Waals surface area contributed by atoms with Gasteiger partial charge in [0.2, 0.25) is 11.9 Å². The number of carbonyl (C=O) groups is 1. The van der Waals surface area contributed by atoms with E-state index in [4.69, 9.17) is 0 Å². The molecule has 7 heteroatoms. The normalized spacial score (nSPS) is 25.1. The van der Waals surface area contributed by atoms with Gasteiger partial charge in [0.25, 0.3) is 0 Å². The lowest BCUT2D eigenvalue weighted by molar-refractivity contribution is -0.130. The Morgan fingerprint density at radius 2 is 2.00 bits per heavy atom. The Morgan fingerprint density at radius 3 is 2.70 bits per heavy atom. The van der Waals surface area contributed by atoms with Crippen molar-refractivity contribution in [2.45, 2.75) is 19.3 Å². The van der Waals surface area contributed by atoms with E-state index in [1.165, 1.54) is 12.4 Å². The predicted octanol–water partition coefficient (Wildman–Crippen LogP) is 0.996. The first-order valence-corrected chi connectivity index (χ1v) is 8.12. The van der Waals surface area contributed by atoms with Crippen molar-refractivity contribution in [1.82, 2.24) is 19.8 Å². The van der Waals surface area contributed by atoms with Crippen LogP contribution < -0.4 is 4.90 Å². The lowest BCUT2D eigenvalue weighted by Gasteiger charge is -2.40. The van der Waals surface area contributed by atoms with Crippen molar-refractivity contribution in [3.63, 3.8) is 0 Å². The Hall–Kier alpha value is -1.76. The average Bonchev–Trinajstić information content (AvgIpc) is 2.91. The van der Waals surface area contributed by atoms with Gasteiger partial charge in [0.1, 0.15) is 0 Å². The number of amides is 1. The number of hydrogen-bond donors (Lipinski definition) is 0. The molecule has 2 aliphatic heterocycles. The van der Waals surface area contributed by atoms with E-state index in [1.54, 1.807) is 19.0 Å². The molecule has 0 N–H and O–H groups in total. The Bertz CT molecular complexity index is 564. The summed E-state index contributed by atoms with van der Waals surface area (Å²) in [5, 5.41) is 0. The maximum absolute atomic E-state index is 13.0. The third-order valence-electron chi connectivity index (χ3n) is 4.93. The van der Waals surface area contributed by atoms with Crippen LogP contribution in [0.25, 0.3) is 0 Å². The molecule has 1 aromatic heterocycles. The van der Waals surface area contributed by atoms with Crippen LogP contribution in [0.3, 0.4) is 0 Å². The van der Waals surface area contributed by atoms with Crippen molar-refractivity contribution in [2.75, 3.05) is 51.7 Å². The molecule has 2 saturated heterocycles. The van der Waals surface area contributed by atoms with Crippen LogP contribution >= 0.6 is 0 Å². The zero-order valence-electron chi connectivity index (χ0n) is 13.8. The van der Waals surface area contributed by atoms with Gasteiger partial charge >= 0.3 is 0 Å². The minimum atomic E-state index is -0.409. The van der Waals surface area contributed by atoms with Crippen LogP contribution in [0.1, 0.15) is 19.3 Å². The van der Waals surface area contributed by atoms with Gasteiger partial charge in [-0.15, -0.1) is 0 Å². The number of anilines is 1. The maximum atomic E-state index is 13.0. The molecule has 3 rings (SSSR count). The van der Waals surface area contributed by atoms with Crippen molar-refractivity contribution < 1.29 is 9.18 Å². The zero-order valence-corrected chi connectivity index (χ0v) is 13.8. The second kappa shape index (κ2) is 6.39. The molecule has 0 aliphatic carbocycles. The highest BCUT2D eigenvalue weighted by molar-refractivity contribution is 5.77. The van der Waals surface area contributed by atoms with Crippen molar-refractivity contribution >= 4 is 11.9 Å². The summed E-state index contributed by atoms with van der Waals surface area (Å²) < 4.78 is 13.0. The van der Waals surface area contributed by atoms with Gasteiger partial charge in [0, 0.05) is 39.1 Å². The predicted molar refractivity (Wildman–Crippen MR) is 85.6 cm³/mol. The second-order valence-corrected chi connectivity index (χ2v) is 6.98. The van der Waals surface area contributed by atoms with E-state index >= 15 is 0 Å². The number of likely N-dealkylation sites (tertiary alicyclic amines) is 1. The first kappa shape index (κ1) is 16.1. The minimum Gasteiger partial charge on any atom is -0.348 e. The molecule has 2 fully saturated rings. The molecule has 0 bridgehead atoms. The van der Waals surface area contributed by atoms with E-state index in [0.717, 1.165) is 45.4 Å². The Labute approximate surface area is 136 Å². The van der Waals surface area contributed by atoms with E-state index in [0.29, 0.717) is 12.5 Å². The van der Waals surface area contributed by atoms with Gasteiger partial charge in [-0.1, -0.05) is 0 Å². The van der Waals surface area contributed by atoms with Gasteiger partial charge in [0.05, 0.1) is 18.9 Å². The fourth-order valence-corrected chi connectivity index (χ4v) is 3.69. The SMILES string of the molecule is CN(C)C(=O)CN1CCC[C@@]2(CCN(c3ncc(F)cn3)C2)C1. The molecule has 6 nitrogen and oxygen atoms in total. The highest BCUT2D eigenvalue weighted by atomic mass is 19.1. The van der Waals surface area contributed by atoms with Gasteiger partial charge in [-0.3, -0.25) is 9.69 Å². The molecular formula is C16H24FN5O. The summed E-state index contributed by atoms with van der Waals surface area (Å²) in [4.78, 5) is 26.2. The zero-order chi connectivity index (χ0) is 16.4. The van der Waals surface area contributed by atoms with Gasteiger partial charge in [-0.25, -0.2) is 14.4 Å². The van der Waals surface area contributed by atoms with Gasteiger partial charge < -0.3 is 9.80 Å². The van der Waals surface area contributed by atoms with Crippen LogP contribution in [0.2, 0.25) is 0 Å². The number of likely N-dealkylation sites (N-methyl/N-ethyl adjacent to an activating group) is 1. The third-order valence-corrected chi connectivity index (χ3v) is 4.93. The molecule has 0 radical (unpaired) electrons. The Morgan fingerprint density at radius 1 is 1.26 bits per heavy atom. The van der Waals surface area contributed by atoms with Crippen LogP contribution in [0.5, 0.6) is 0 Å². The number of nitrogens with zero attached hydrogens (tertiary/aromatic N) is 5. The Kier molecular flexibility index (Phi) is 4.48. The minimum absolute atomic E-state index is 0.152. The number of piperidine rings is 1. The summed E-state index contributed by atoms with van der Waals surface area (Å²) in [7, 11) is 3.59. The first-order valence-electron chi connectivity index (χ1n) is 8.12. The summed E-state index contributed by atoms with van der Waals surface area (Å²) >= 11 is 0. The summed E-state index contributed by atoms with van der Waals surface area (Å²) in [5.41, 5.74) is 0.197. The molecule has 0 unspecified atom stereocenters. The van der Waals surface area contributed by atoms with E-state index in [2.05, 4.69) is 19.8 Å². The average molecular weight is 321 g/mol. The Balaban J connectivity index is 1.64. The smallest absolute Gasteiger partial charge is 0.236 e.